The Bertz CT molecular complexity index is 1690. The Morgan fingerprint density at radius 3 is 2.69 bits per heavy atom. The van der Waals surface area contributed by atoms with E-state index in [0.29, 0.717) is 40.6 Å². The molecule has 0 saturated carbocycles. The highest BCUT2D eigenvalue weighted by molar-refractivity contribution is 7.88. The monoisotopic (exact) mass is 582 g/mol. The van der Waals surface area contributed by atoms with E-state index in [2.05, 4.69) is 14.8 Å². The lowest BCUT2D eigenvalue weighted by Crippen LogP contribution is -2.39. The molecule has 0 radical (unpaired) electrons. The first-order valence-corrected chi connectivity index (χ1v) is 15.2. The van der Waals surface area contributed by atoms with Gasteiger partial charge in [-0.1, -0.05) is 48.0 Å². The second-order valence-electron chi connectivity index (χ2n) is 9.47. The fourth-order valence-corrected chi connectivity index (χ4v) is 7.38. The Kier molecular flexibility index (Phi) is 6.84. The van der Waals surface area contributed by atoms with Gasteiger partial charge in [-0.2, -0.15) is 5.10 Å². The zero-order valence-corrected chi connectivity index (χ0v) is 23.2. The highest BCUT2D eigenvalue weighted by Crippen LogP contribution is 2.46. The summed E-state index contributed by atoms with van der Waals surface area (Å²) in [6, 6.07) is 14.3. The van der Waals surface area contributed by atoms with Crippen molar-refractivity contribution in [3.05, 3.63) is 111 Å². The predicted octanol–water partition coefficient (Wildman–Crippen LogP) is 4.78. The number of nitrogens with one attached hydrogen (secondary N) is 1. The third-order valence-electron chi connectivity index (χ3n) is 6.68. The van der Waals surface area contributed by atoms with Crippen LogP contribution in [0, 0.1) is 5.82 Å². The van der Waals surface area contributed by atoms with Crippen LogP contribution in [0.3, 0.4) is 0 Å². The van der Waals surface area contributed by atoms with Gasteiger partial charge >= 0.3 is 0 Å². The number of halogens is 2. The van der Waals surface area contributed by atoms with Crippen molar-refractivity contribution in [2.45, 2.75) is 24.3 Å². The predicted molar refractivity (Wildman–Crippen MR) is 150 cm³/mol. The average molecular weight is 583 g/mol. The van der Waals surface area contributed by atoms with Gasteiger partial charge in [-0.25, -0.2) is 22.5 Å². The van der Waals surface area contributed by atoms with Gasteiger partial charge in [-0.3, -0.25) is 9.67 Å². The molecule has 2 aromatic carbocycles. The van der Waals surface area contributed by atoms with Gasteiger partial charge in [0.2, 0.25) is 10.0 Å². The molecule has 0 amide bonds. The molecule has 6 rings (SSSR count). The van der Waals surface area contributed by atoms with Gasteiger partial charge < -0.3 is 4.90 Å². The number of hydrogen-bond acceptors (Lipinski definition) is 7. The summed E-state index contributed by atoms with van der Waals surface area (Å²) in [4.78, 5) is 11.6. The van der Waals surface area contributed by atoms with Crippen molar-refractivity contribution >= 4 is 44.4 Å². The molecule has 2 atom stereocenters. The zero-order valence-electron chi connectivity index (χ0n) is 20.8. The molecule has 2 aliphatic heterocycles. The third kappa shape index (κ3) is 5.27. The van der Waals surface area contributed by atoms with Gasteiger partial charge in [0.1, 0.15) is 11.9 Å². The summed E-state index contributed by atoms with van der Waals surface area (Å²) >= 11 is 8.00. The maximum Gasteiger partial charge on any atom is 0.216 e. The SMILES string of the molecule is Cn1ccc(C2=C3C[C@H](NS(=O)(=O)Cc4ccccc4)CN3C(c3nccs3)=N[C@H]2c2ccc(F)cc2Cl)n1. The number of nitrogens with zero attached hydrogens (tertiary/aromatic N) is 5. The number of fused-ring (bicyclic) bond motifs is 1. The van der Waals surface area contributed by atoms with Crippen molar-refractivity contribution in [2.24, 2.45) is 12.0 Å². The van der Waals surface area contributed by atoms with E-state index in [9.17, 15) is 12.8 Å². The highest BCUT2D eigenvalue weighted by Gasteiger charge is 2.41. The second-order valence-corrected chi connectivity index (χ2v) is 12.5. The summed E-state index contributed by atoms with van der Waals surface area (Å²) in [5, 5.41) is 7.47. The first-order chi connectivity index (χ1) is 18.8. The molecule has 2 aromatic heterocycles. The van der Waals surface area contributed by atoms with Gasteiger partial charge in [0.25, 0.3) is 0 Å². The van der Waals surface area contributed by atoms with Crippen molar-refractivity contribution < 1.29 is 12.8 Å². The first-order valence-electron chi connectivity index (χ1n) is 12.2. The van der Waals surface area contributed by atoms with E-state index in [0.717, 1.165) is 11.3 Å². The molecule has 1 saturated heterocycles. The summed E-state index contributed by atoms with van der Waals surface area (Å²) < 4.78 is 44.9. The topological polar surface area (TPSA) is 92.5 Å². The Balaban J connectivity index is 1.44. The van der Waals surface area contributed by atoms with Crippen molar-refractivity contribution in [2.75, 3.05) is 6.54 Å². The van der Waals surface area contributed by atoms with Crippen molar-refractivity contribution in [1.29, 1.82) is 0 Å². The standard InChI is InChI=1S/C27H24ClFN6O2S2/c1-34-11-9-22(32-34)24-23-14-19(33-39(36,37)16-17-5-3-2-4-6-17)15-35(23)26(27-30-10-12-38-27)31-25(24)20-8-7-18(29)13-21(20)28/h2-13,19,25,33H,14-16H2,1H3/t19-,25-/m0/s1. The van der Waals surface area contributed by atoms with Gasteiger partial charge in [0.15, 0.2) is 10.8 Å². The van der Waals surface area contributed by atoms with Gasteiger partial charge in [0, 0.05) is 65.7 Å². The fraction of sp³-hybridized carbons (Fsp3) is 0.222. The van der Waals surface area contributed by atoms with Crippen LogP contribution in [0.5, 0.6) is 0 Å². The lowest BCUT2D eigenvalue weighted by atomic mass is 9.92. The van der Waals surface area contributed by atoms with Crippen LogP contribution in [-0.4, -0.2) is 46.5 Å². The normalized spacial score (nSPS) is 19.4. The first kappa shape index (κ1) is 25.9. The van der Waals surface area contributed by atoms with Gasteiger partial charge in [-0.15, -0.1) is 11.3 Å². The minimum absolute atomic E-state index is 0.113. The Morgan fingerprint density at radius 1 is 1.18 bits per heavy atom. The molecule has 0 aliphatic carbocycles. The molecule has 4 heterocycles. The van der Waals surface area contributed by atoms with E-state index < -0.39 is 27.9 Å². The lowest BCUT2D eigenvalue weighted by molar-refractivity contribution is 0.517. The minimum atomic E-state index is -3.62. The summed E-state index contributed by atoms with van der Waals surface area (Å²) in [5.41, 5.74) is 3.72. The molecular formula is C27H24ClFN6O2S2. The van der Waals surface area contributed by atoms with Crippen LogP contribution in [-0.2, 0) is 22.8 Å². The molecule has 0 bridgehead atoms. The maximum absolute atomic E-state index is 14.0. The highest BCUT2D eigenvalue weighted by atomic mass is 35.5. The number of sulfonamides is 1. The molecule has 2 aliphatic rings. The van der Waals surface area contributed by atoms with Crippen LogP contribution in [0.15, 0.2) is 83.1 Å². The zero-order chi connectivity index (χ0) is 27.1. The number of aryl methyl sites for hydroxylation is 1. The lowest BCUT2D eigenvalue weighted by Gasteiger charge is -2.32. The quantitative estimate of drug-likeness (QED) is 0.339. The van der Waals surface area contributed by atoms with E-state index in [1.165, 1.54) is 23.5 Å². The van der Waals surface area contributed by atoms with Crippen LogP contribution in [0.25, 0.3) is 5.57 Å². The van der Waals surface area contributed by atoms with Crippen LogP contribution in [0.1, 0.15) is 34.3 Å². The molecule has 39 heavy (non-hydrogen) atoms. The number of hydrogen-bond donors (Lipinski definition) is 1. The third-order valence-corrected chi connectivity index (χ3v) is 9.18. The number of amidine groups is 1. The number of aromatic nitrogens is 3. The molecular weight excluding hydrogens is 559 g/mol. The number of benzene rings is 2. The number of aliphatic imine (C=N–C) groups is 1. The maximum atomic E-state index is 14.0. The van der Waals surface area contributed by atoms with Gasteiger partial charge in [-0.05, 0) is 23.8 Å². The van der Waals surface area contributed by atoms with Crippen LogP contribution in [0.4, 0.5) is 4.39 Å². The van der Waals surface area contributed by atoms with Crippen molar-refractivity contribution in [3.8, 4) is 0 Å². The van der Waals surface area contributed by atoms with E-state index in [1.807, 2.05) is 47.8 Å². The van der Waals surface area contributed by atoms with Crippen LogP contribution < -0.4 is 4.72 Å². The number of rotatable bonds is 7. The van der Waals surface area contributed by atoms with Crippen LogP contribution >= 0.6 is 22.9 Å². The Morgan fingerprint density at radius 2 is 2.00 bits per heavy atom. The number of thiazole rings is 1. The van der Waals surface area contributed by atoms with E-state index in [4.69, 9.17) is 16.6 Å². The largest absolute Gasteiger partial charge is 0.326 e. The second kappa shape index (κ2) is 10.3. The van der Waals surface area contributed by atoms with E-state index >= 15 is 0 Å². The Hall–Kier alpha value is -3.38. The van der Waals surface area contributed by atoms with Crippen molar-refractivity contribution in [1.82, 2.24) is 24.4 Å². The fourth-order valence-electron chi connectivity index (χ4n) is 5.09. The molecule has 12 heteroatoms. The van der Waals surface area contributed by atoms with E-state index in [-0.39, 0.29) is 10.8 Å². The summed E-state index contributed by atoms with van der Waals surface area (Å²) in [5.74, 6) is 0.0681. The minimum Gasteiger partial charge on any atom is -0.326 e. The molecule has 4 aromatic rings. The summed E-state index contributed by atoms with van der Waals surface area (Å²) in [6.45, 7) is 0.377. The molecule has 0 unspecified atom stereocenters. The molecule has 0 spiro atoms. The van der Waals surface area contributed by atoms with Crippen LogP contribution in [0.2, 0.25) is 5.02 Å². The Labute approximate surface area is 234 Å². The molecule has 8 nitrogen and oxygen atoms in total. The molecule has 1 fully saturated rings. The van der Waals surface area contributed by atoms with Crippen molar-refractivity contribution in [3.63, 3.8) is 0 Å². The molecule has 200 valence electrons. The smallest absolute Gasteiger partial charge is 0.216 e. The summed E-state index contributed by atoms with van der Waals surface area (Å²) in [7, 11) is -1.79. The van der Waals surface area contributed by atoms with Gasteiger partial charge in [0.05, 0.1) is 11.4 Å². The van der Waals surface area contributed by atoms with E-state index in [1.54, 1.807) is 29.1 Å². The molecule has 1 N–H and O–H groups in total. The summed E-state index contributed by atoms with van der Waals surface area (Å²) in [6.07, 6.45) is 3.96. The average Bonchev–Trinajstić information content (AvgIpc) is 3.65.